The van der Waals surface area contributed by atoms with E-state index in [9.17, 15) is 4.79 Å². The number of carboxylic acids is 1. The highest BCUT2D eigenvalue weighted by Crippen LogP contribution is 2.38. The van der Waals surface area contributed by atoms with Crippen LogP contribution in [0.3, 0.4) is 0 Å². The first-order valence-corrected chi connectivity index (χ1v) is 7.02. The van der Waals surface area contributed by atoms with Gasteiger partial charge in [0.15, 0.2) is 0 Å². The molecule has 98 valence electrons. The lowest BCUT2D eigenvalue weighted by atomic mass is 9.80. The summed E-state index contributed by atoms with van der Waals surface area (Å²) in [6.45, 7) is 0. The Kier molecular flexibility index (Phi) is 4.65. The van der Waals surface area contributed by atoms with Crippen LogP contribution in [-0.2, 0) is 4.79 Å². The van der Waals surface area contributed by atoms with E-state index < -0.39 is 5.97 Å². The summed E-state index contributed by atoms with van der Waals surface area (Å²) >= 11 is 6.04. The number of rotatable bonds is 3. The second kappa shape index (κ2) is 6.24. The van der Waals surface area contributed by atoms with E-state index in [-0.39, 0.29) is 12.3 Å². The Morgan fingerprint density at radius 2 is 2.06 bits per heavy atom. The monoisotopic (exact) mass is 266 g/mol. The van der Waals surface area contributed by atoms with Crippen LogP contribution in [0.15, 0.2) is 24.3 Å². The molecular weight excluding hydrogens is 248 g/mol. The molecule has 18 heavy (non-hydrogen) atoms. The minimum absolute atomic E-state index is 0.253. The van der Waals surface area contributed by atoms with Crippen molar-refractivity contribution in [2.75, 3.05) is 0 Å². The number of hydrogen-bond acceptors (Lipinski definition) is 1. The molecule has 1 saturated carbocycles. The molecule has 0 aromatic heterocycles. The van der Waals surface area contributed by atoms with Gasteiger partial charge in [-0.25, -0.2) is 0 Å². The van der Waals surface area contributed by atoms with Gasteiger partial charge in [0.05, 0.1) is 0 Å². The predicted molar refractivity (Wildman–Crippen MR) is 73.0 cm³/mol. The molecule has 0 heterocycles. The van der Waals surface area contributed by atoms with Crippen molar-refractivity contribution >= 4 is 17.6 Å². The van der Waals surface area contributed by atoms with Crippen molar-refractivity contribution in [2.45, 2.75) is 44.4 Å². The minimum Gasteiger partial charge on any atom is -0.481 e. The second-order valence-corrected chi connectivity index (χ2v) is 5.59. The van der Waals surface area contributed by atoms with Gasteiger partial charge in [-0.1, -0.05) is 43.0 Å². The van der Waals surface area contributed by atoms with Gasteiger partial charge in [0.25, 0.3) is 0 Å². The molecule has 1 aromatic carbocycles. The molecular formula is C15H19ClO2. The first kappa shape index (κ1) is 13.4. The number of carbonyl (C=O) groups is 1. The Labute approximate surface area is 113 Å². The van der Waals surface area contributed by atoms with Gasteiger partial charge in [0.2, 0.25) is 0 Å². The van der Waals surface area contributed by atoms with Crippen LogP contribution in [0.4, 0.5) is 0 Å². The number of hydrogen-bond donors (Lipinski definition) is 1. The van der Waals surface area contributed by atoms with Crippen molar-refractivity contribution < 1.29 is 9.90 Å². The lowest BCUT2D eigenvalue weighted by Gasteiger charge is -2.24. The van der Waals surface area contributed by atoms with Crippen molar-refractivity contribution in [3.63, 3.8) is 0 Å². The van der Waals surface area contributed by atoms with E-state index in [0.717, 1.165) is 24.3 Å². The second-order valence-electron chi connectivity index (χ2n) is 5.16. The van der Waals surface area contributed by atoms with Crippen LogP contribution >= 0.6 is 11.6 Å². The van der Waals surface area contributed by atoms with Gasteiger partial charge in [0, 0.05) is 11.4 Å². The van der Waals surface area contributed by atoms with Crippen LogP contribution < -0.4 is 0 Å². The fraction of sp³-hybridized carbons (Fsp3) is 0.533. The topological polar surface area (TPSA) is 37.3 Å². The highest BCUT2D eigenvalue weighted by Gasteiger charge is 2.27. The smallest absolute Gasteiger partial charge is 0.303 e. The maximum atomic E-state index is 11.0. The molecule has 0 radical (unpaired) electrons. The van der Waals surface area contributed by atoms with Gasteiger partial charge >= 0.3 is 5.97 Å². The van der Waals surface area contributed by atoms with Crippen LogP contribution in [0.1, 0.15) is 50.0 Å². The molecule has 0 bridgehead atoms. The predicted octanol–water partition coefficient (Wildman–Crippen LogP) is 4.48. The summed E-state index contributed by atoms with van der Waals surface area (Å²) in [6, 6.07) is 7.90. The molecule has 0 amide bonds. The van der Waals surface area contributed by atoms with E-state index in [4.69, 9.17) is 16.7 Å². The Morgan fingerprint density at radius 3 is 2.78 bits per heavy atom. The van der Waals surface area contributed by atoms with E-state index in [1.807, 2.05) is 18.2 Å². The van der Waals surface area contributed by atoms with Crippen LogP contribution in [0.2, 0.25) is 5.02 Å². The average molecular weight is 267 g/mol. The fourth-order valence-corrected chi connectivity index (χ4v) is 3.23. The van der Waals surface area contributed by atoms with E-state index in [1.165, 1.54) is 18.4 Å². The van der Waals surface area contributed by atoms with Crippen LogP contribution in [0.5, 0.6) is 0 Å². The summed E-state index contributed by atoms with van der Waals surface area (Å²) in [5, 5.41) is 9.79. The van der Waals surface area contributed by atoms with Gasteiger partial charge in [0.1, 0.15) is 0 Å². The van der Waals surface area contributed by atoms with Crippen molar-refractivity contribution in [3.05, 3.63) is 34.9 Å². The molecule has 1 aromatic rings. The minimum atomic E-state index is -0.686. The Morgan fingerprint density at radius 1 is 1.28 bits per heavy atom. The number of aliphatic carboxylic acids is 1. The number of carboxylic acid groups (broad SMARTS) is 1. The van der Waals surface area contributed by atoms with Crippen molar-refractivity contribution in [3.8, 4) is 0 Å². The van der Waals surface area contributed by atoms with Crippen LogP contribution in [-0.4, -0.2) is 11.1 Å². The summed E-state index contributed by atoms with van der Waals surface area (Å²) in [5.41, 5.74) is 1.20. The summed E-state index contributed by atoms with van der Waals surface area (Å²) in [6.07, 6.45) is 5.93. The van der Waals surface area contributed by atoms with E-state index >= 15 is 0 Å². The molecule has 0 saturated heterocycles. The lowest BCUT2D eigenvalue weighted by Crippen LogP contribution is -2.16. The largest absolute Gasteiger partial charge is 0.481 e. The third-order valence-electron chi connectivity index (χ3n) is 3.87. The SMILES string of the molecule is O=C(O)CC1CCCCCC1c1cccc(Cl)c1. The molecule has 1 aliphatic rings. The highest BCUT2D eigenvalue weighted by atomic mass is 35.5. The van der Waals surface area contributed by atoms with Gasteiger partial charge in [-0.3, -0.25) is 4.79 Å². The average Bonchev–Trinajstić information content (AvgIpc) is 2.54. The quantitative estimate of drug-likeness (QED) is 0.819. The Bertz CT molecular complexity index is 417. The van der Waals surface area contributed by atoms with Crippen LogP contribution in [0.25, 0.3) is 0 Å². The molecule has 3 heteroatoms. The molecule has 2 nitrogen and oxygen atoms in total. The summed E-state index contributed by atoms with van der Waals surface area (Å²) in [4.78, 5) is 11.0. The van der Waals surface area contributed by atoms with Gasteiger partial charge in [-0.2, -0.15) is 0 Å². The van der Waals surface area contributed by atoms with Crippen molar-refractivity contribution in [1.29, 1.82) is 0 Å². The Balaban J connectivity index is 2.22. The van der Waals surface area contributed by atoms with E-state index in [1.54, 1.807) is 0 Å². The van der Waals surface area contributed by atoms with Gasteiger partial charge < -0.3 is 5.11 Å². The maximum Gasteiger partial charge on any atom is 0.303 e. The molecule has 1 N–H and O–H groups in total. The molecule has 2 atom stereocenters. The molecule has 0 spiro atoms. The third-order valence-corrected chi connectivity index (χ3v) is 4.11. The van der Waals surface area contributed by atoms with E-state index in [0.29, 0.717) is 5.92 Å². The molecule has 1 fully saturated rings. The first-order valence-electron chi connectivity index (χ1n) is 6.64. The molecule has 2 rings (SSSR count). The summed E-state index contributed by atoms with van der Waals surface area (Å²) < 4.78 is 0. The maximum absolute atomic E-state index is 11.0. The number of benzene rings is 1. The van der Waals surface area contributed by atoms with Gasteiger partial charge in [-0.15, -0.1) is 0 Å². The Hall–Kier alpha value is -1.02. The zero-order valence-electron chi connectivity index (χ0n) is 10.4. The summed E-state index contributed by atoms with van der Waals surface area (Å²) in [7, 11) is 0. The van der Waals surface area contributed by atoms with Crippen molar-refractivity contribution in [2.24, 2.45) is 5.92 Å². The fourth-order valence-electron chi connectivity index (χ4n) is 3.03. The standard InChI is InChI=1S/C15H19ClO2/c16-13-7-4-6-11(9-13)14-8-3-1-2-5-12(14)10-15(17)18/h4,6-7,9,12,14H,1-3,5,8,10H2,(H,17,18). The van der Waals surface area contributed by atoms with Gasteiger partial charge in [-0.05, 0) is 42.4 Å². The first-order chi connectivity index (χ1) is 8.66. The highest BCUT2D eigenvalue weighted by molar-refractivity contribution is 6.30. The molecule has 0 aliphatic heterocycles. The number of halogens is 1. The normalized spacial score (nSPS) is 24.5. The van der Waals surface area contributed by atoms with E-state index in [2.05, 4.69) is 6.07 Å². The molecule has 1 aliphatic carbocycles. The summed E-state index contributed by atoms with van der Waals surface area (Å²) in [5.74, 6) is -0.0836. The zero-order valence-corrected chi connectivity index (χ0v) is 11.2. The molecule has 2 unspecified atom stereocenters. The van der Waals surface area contributed by atoms with Crippen LogP contribution in [0, 0.1) is 5.92 Å². The lowest BCUT2D eigenvalue weighted by molar-refractivity contribution is -0.138. The third kappa shape index (κ3) is 3.49. The van der Waals surface area contributed by atoms with Crippen molar-refractivity contribution in [1.82, 2.24) is 0 Å². The zero-order chi connectivity index (χ0) is 13.0.